The maximum Gasteiger partial charge on any atom is 0.434 e. The number of aromatic nitrogens is 5. The van der Waals surface area contributed by atoms with Crippen LogP contribution in [0.1, 0.15) is 5.69 Å². The van der Waals surface area contributed by atoms with E-state index in [9.17, 15) is 17.6 Å². The van der Waals surface area contributed by atoms with Crippen LogP contribution in [0.4, 0.5) is 29.1 Å². The molecule has 6 nitrogen and oxygen atoms in total. The molecule has 11 heteroatoms. The standard InChI is InChI=1S/C15H8F4N6S/c16-8-6-20-4-3-9(8)21-12-10-2-1-5-25(10)24-13(23-12)14-22-11(7-26-14)15(17,18)19/h1-7H,(H,20,21,23,24). The molecule has 0 saturated carbocycles. The van der Waals surface area contributed by atoms with Crippen molar-refractivity contribution < 1.29 is 17.6 Å². The van der Waals surface area contributed by atoms with E-state index in [1.54, 1.807) is 18.3 Å². The Hall–Kier alpha value is -3.08. The highest BCUT2D eigenvalue weighted by molar-refractivity contribution is 7.13. The zero-order valence-corrected chi connectivity index (χ0v) is 13.5. The normalized spacial score (nSPS) is 11.8. The van der Waals surface area contributed by atoms with Crippen LogP contribution in [0.5, 0.6) is 0 Å². The first-order chi connectivity index (χ1) is 12.4. The number of fused-ring (bicyclic) bond motifs is 1. The maximum atomic E-state index is 13.8. The van der Waals surface area contributed by atoms with Crippen molar-refractivity contribution in [3.05, 3.63) is 53.7 Å². The molecule has 4 aromatic heterocycles. The summed E-state index contributed by atoms with van der Waals surface area (Å²) in [6, 6.07) is 4.79. The third kappa shape index (κ3) is 2.96. The van der Waals surface area contributed by atoms with Crippen LogP contribution in [0.2, 0.25) is 0 Å². The number of rotatable bonds is 3. The minimum atomic E-state index is -4.55. The lowest BCUT2D eigenvalue weighted by atomic mass is 10.3. The molecule has 0 bridgehead atoms. The Balaban J connectivity index is 1.80. The van der Waals surface area contributed by atoms with Crippen molar-refractivity contribution in [1.82, 2.24) is 24.6 Å². The van der Waals surface area contributed by atoms with Gasteiger partial charge < -0.3 is 5.32 Å². The number of hydrogen-bond donors (Lipinski definition) is 1. The van der Waals surface area contributed by atoms with Crippen LogP contribution < -0.4 is 5.32 Å². The number of nitrogens with one attached hydrogen (secondary N) is 1. The van der Waals surface area contributed by atoms with Crippen molar-refractivity contribution in [3.8, 4) is 10.8 Å². The lowest BCUT2D eigenvalue weighted by molar-refractivity contribution is -0.140. The van der Waals surface area contributed by atoms with Gasteiger partial charge in [-0.05, 0) is 18.2 Å². The summed E-state index contributed by atoms with van der Waals surface area (Å²) in [5, 5.41) is 7.88. The molecule has 0 aromatic carbocycles. The van der Waals surface area contributed by atoms with Gasteiger partial charge in [0.2, 0.25) is 5.82 Å². The number of pyridine rings is 1. The molecule has 0 aliphatic rings. The van der Waals surface area contributed by atoms with Gasteiger partial charge >= 0.3 is 6.18 Å². The first kappa shape index (κ1) is 16.4. The Morgan fingerprint density at radius 3 is 2.73 bits per heavy atom. The molecule has 0 saturated heterocycles. The molecule has 0 radical (unpaired) electrons. The fraction of sp³-hybridized carbons (Fsp3) is 0.0667. The average molecular weight is 380 g/mol. The summed E-state index contributed by atoms with van der Waals surface area (Å²) in [5.74, 6) is -0.369. The summed E-state index contributed by atoms with van der Waals surface area (Å²) in [5.41, 5.74) is -0.358. The SMILES string of the molecule is Fc1cnccc1Nc1nc(-c2nc(C(F)(F)F)cs2)nn2cccc12. The summed E-state index contributed by atoms with van der Waals surface area (Å²) in [6.07, 6.45) is -0.504. The Morgan fingerprint density at radius 2 is 2.00 bits per heavy atom. The molecule has 0 spiro atoms. The van der Waals surface area contributed by atoms with Gasteiger partial charge in [-0.2, -0.15) is 13.2 Å². The maximum absolute atomic E-state index is 13.8. The zero-order valence-electron chi connectivity index (χ0n) is 12.7. The number of thiazole rings is 1. The third-order valence-electron chi connectivity index (χ3n) is 3.40. The highest BCUT2D eigenvalue weighted by Crippen LogP contribution is 2.33. The number of nitrogens with zero attached hydrogens (tertiary/aromatic N) is 5. The average Bonchev–Trinajstić information content (AvgIpc) is 3.25. The van der Waals surface area contributed by atoms with Crippen molar-refractivity contribution in [3.63, 3.8) is 0 Å². The van der Waals surface area contributed by atoms with Crippen molar-refractivity contribution in [2.75, 3.05) is 5.32 Å². The third-order valence-corrected chi connectivity index (χ3v) is 4.24. The van der Waals surface area contributed by atoms with E-state index in [2.05, 4.69) is 25.4 Å². The number of anilines is 2. The molecular weight excluding hydrogens is 372 g/mol. The molecule has 26 heavy (non-hydrogen) atoms. The van der Waals surface area contributed by atoms with E-state index >= 15 is 0 Å². The van der Waals surface area contributed by atoms with Gasteiger partial charge in [0.25, 0.3) is 0 Å². The smallest absolute Gasteiger partial charge is 0.336 e. The number of alkyl halides is 3. The Labute approximate surface area is 147 Å². The molecule has 4 heterocycles. The first-order valence-corrected chi connectivity index (χ1v) is 8.05. The second kappa shape index (κ2) is 6.02. The Kier molecular flexibility index (Phi) is 3.80. The molecular formula is C15H8F4N6S. The van der Waals surface area contributed by atoms with Crippen LogP contribution in [-0.2, 0) is 6.18 Å². The van der Waals surface area contributed by atoms with Gasteiger partial charge in [0.15, 0.2) is 22.3 Å². The summed E-state index contributed by atoms with van der Waals surface area (Å²) < 4.78 is 53.6. The highest BCUT2D eigenvalue weighted by atomic mass is 32.1. The van der Waals surface area contributed by atoms with Gasteiger partial charge in [-0.15, -0.1) is 16.4 Å². The van der Waals surface area contributed by atoms with Crippen LogP contribution in [0.25, 0.3) is 16.3 Å². The van der Waals surface area contributed by atoms with Gasteiger partial charge in [-0.3, -0.25) is 4.98 Å². The van der Waals surface area contributed by atoms with Crippen LogP contribution in [0.15, 0.2) is 42.2 Å². The van der Waals surface area contributed by atoms with E-state index in [0.29, 0.717) is 5.52 Å². The van der Waals surface area contributed by atoms with E-state index in [0.717, 1.165) is 22.9 Å². The van der Waals surface area contributed by atoms with Crippen LogP contribution >= 0.6 is 11.3 Å². The predicted molar refractivity (Wildman–Crippen MR) is 86.6 cm³/mol. The molecule has 0 aliphatic heterocycles. The van der Waals surface area contributed by atoms with Gasteiger partial charge in [0, 0.05) is 17.8 Å². The van der Waals surface area contributed by atoms with Crippen LogP contribution in [-0.4, -0.2) is 24.6 Å². The first-order valence-electron chi connectivity index (χ1n) is 7.17. The Morgan fingerprint density at radius 1 is 1.15 bits per heavy atom. The van der Waals surface area contributed by atoms with E-state index < -0.39 is 17.7 Å². The van der Waals surface area contributed by atoms with Crippen molar-refractivity contribution >= 4 is 28.4 Å². The second-order valence-corrected chi connectivity index (χ2v) is 6.00. The predicted octanol–water partition coefficient (Wildman–Crippen LogP) is 4.15. The van der Waals surface area contributed by atoms with Gasteiger partial charge in [0.1, 0.15) is 5.52 Å². The lowest BCUT2D eigenvalue weighted by Gasteiger charge is -2.09. The zero-order chi connectivity index (χ0) is 18.3. The highest BCUT2D eigenvalue weighted by Gasteiger charge is 2.34. The van der Waals surface area contributed by atoms with E-state index in [1.165, 1.54) is 16.8 Å². The van der Waals surface area contributed by atoms with Crippen molar-refractivity contribution in [2.24, 2.45) is 0 Å². The lowest BCUT2D eigenvalue weighted by Crippen LogP contribution is -2.06. The quantitative estimate of drug-likeness (QED) is 0.541. The fourth-order valence-corrected chi connectivity index (χ4v) is 2.98. The topological polar surface area (TPSA) is 68.0 Å². The van der Waals surface area contributed by atoms with E-state index in [1.807, 2.05) is 0 Å². The van der Waals surface area contributed by atoms with E-state index in [-0.39, 0.29) is 22.3 Å². The molecule has 4 rings (SSSR count). The molecule has 0 amide bonds. The monoisotopic (exact) mass is 380 g/mol. The molecule has 4 aromatic rings. The Bertz CT molecular complexity index is 1090. The van der Waals surface area contributed by atoms with Crippen molar-refractivity contribution in [1.29, 1.82) is 0 Å². The minimum absolute atomic E-state index is 0.00572. The molecule has 0 aliphatic carbocycles. The molecule has 1 N–H and O–H groups in total. The second-order valence-electron chi connectivity index (χ2n) is 5.14. The van der Waals surface area contributed by atoms with E-state index in [4.69, 9.17) is 0 Å². The molecule has 0 unspecified atom stereocenters. The van der Waals surface area contributed by atoms with Crippen LogP contribution in [0, 0.1) is 5.82 Å². The summed E-state index contributed by atoms with van der Waals surface area (Å²) in [4.78, 5) is 11.4. The van der Waals surface area contributed by atoms with Gasteiger partial charge in [-0.25, -0.2) is 18.9 Å². The van der Waals surface area contributed by atoms with Crippen LogP contribution in [0.3, 0.4) is 0 Å². The molecule has 132 valence electrons. The summed E-state index contributed by atoms with van der Waals surface area (Å²) >= 11 is 0.778. The summed E-state index contributed by atoms with van der Waals surface area (Å²) in [7, 11) is 0. The van der Waals surface area contributed by atoms with Gasteiger partial charge in [0.05, 0.1) is 11.9 Å². The number of halogens is 4. The minimum Gasteiger partial charge on any atom is -0.336 e. The molecule has 0 atom stereocenters. The number of hydrogen-bond acceptors (Lipinski definition) is 6. The fourth-order valence-electron chi connectivity index (χ4n) is 2.23. The molecule has 0 fully saturated rings. The van der Waals surface area contributed by atoms with Crippen molar-refractivity contribution in [2.45, 2.75) is 6.18 Å². The largest absolute Gasteiger partial charge is 0.434 e. The van der Waals surface area contributed by atoms with Gasteiger partial charge in [-0.1, -0.05) is 0 Å². The summed E-state index contributed by atoms with van der Waals surface area (Å²) in [6.45, 7) is 0.